The van der Waals surface area contributed by atoms with E-state index >= 15 is 0 Å². The lowest BCUT2D eigenvalue weighted by Gasteiger charge is -2.23. The summed E-state index contributed by atoms with van der Waals surface area (Å²) in [5, 5.41) is 43.3. The Labute approximate surface area is 189 Å². The number of benzene rings is 1. The lowest BCUT2D eigenvalue weighted by molar-refractivity contribution is -0.145. The van der Waals surface area contributed by atoms with Crippen molar-refractivity contribution < 1.29 is 44.4 Å². The van der Waals surface area contributed by atoms with Crippen LogP contribution < -0.4 is 21.7 Å². The van der Waals surface area contributed by atoms with Crippen molar-refractivity contribution in [3.63, 3.8) is 0 Å². The van der Waals surface area contributed by atoms with E-state index < -0.39 is 66.4 Å². The summed E-state index contributed by atoms with van der Waals surface area (Å²) in [7, 11) is 0. The lowest BCUT2D eigenvalue weighted by atomic mass is 10.0. The van der Waals surface area contributed by atoms with Crippen LogP contribution in [0.25, 0.3) is 0 Å². The molecule has 0 saturated carbocycles. The molecule has 5 atom stereocenters. The highest BCUT2D eigenvalue weighted by atomic mass is 16.4. The SMILES string of the molecule is CC(NC(=O)C(CC(=O)O)NC(=O)C(N)Cc1ccc(O)cc1)C(=O)NC(C(=O)O)C(C)O. The molecule has 33 heavy (non-hydrogen) atoms. The molecule has 0 radical (unpaired) electrons. The van der Waals surface area contributed by atoms with Crippen LogP contribution in [0.5, 0.6) is 5.75 Å². The molecule has 1 aromatic carbocycles. The van der Waals surface area contributed by atoms with E-state index in [2.05, 4.69) is 10.6 Å². The molecular weight excluding hydrogens is 440 g/mol. The minimum Gasteiger partial charge on any atom is -0.508 e. The van der Waals surface area contributed by atoms with Gasteiger partial charge in [0.25, 0.3) is 0 Å². The summed E-state index contributed by atoms with van der Waals surface area (Å²) in [4.78, 5) is 59.3. The molecule has 13 nitrogen and oxygen atoms in total. The molecule has 0 aliphatic rings. The summed E-state index contributed by atoms with van der Waals surface area (Å²) in [6.07, 6.45) is -2.17. The number of carboxylic acids is 2. The molecule has 0 bridgehead atoms. The molecule has 0 aliphatic heterocycles. The van der Waals surface area contributed by atoms with Gasteiger partial charge in [0.05, 0.1) is 18.6 Å². The topological polar surface area (TPSA) is 228 Å². The van der Waals surface area contributed by atoms with Crippen molar-refractivity contribution in [1.29, 1.82) is 0 Å². The second kappa shape index (κ2) is 12.4. The summed E-state index contributed by atoms with van der Waals surface area (Å²) >= 11 is 0. The summed E-state index contributed by atoms with van der Waals surface area (Å²) in [5.41, 5.74) is 6.45. The number of carboxylic acid groups (broad SMARTS) is 2. The van der Waals surface area contributed by atoms with Crippen molar-refractivity contribution in [3.05, 3.63) is 29.8 Å². The maximum Gasteiger partial charge on any atom is 0.328 e. The molecule has 1 aromatic rings. The van der Waals surface area contributed by atoms with Crippen LogP contribution in [0.2, 0.25) is 0 Å². The molecule has 0 spiro atoms. The molecule has 0 aromatic heterocycles. The van der Waals surface area contributed by atoms with Crippen molar-refractivity contribution >= 4 is 29.7 Å². The molecule has 1 rings (SSSR count). The van der Waals surface area contributed by atoms with Crippen LogP contribution in [0.4, 0.5) is 0 Å². The average molecular weight is 468 g/mol. The minimum atomic E-state index is -1.62. The minimum absolute atomic E-state index is 0.0243. The first-order valence-electron chi connectivity index (χ1n) is 9.89. The third-order valence-electron chi connectivity index (χ3n) is 4.54. The van der Waals surface area contributed by atoms with Gasteiger partial charge < -0.3 is 42.1 Å². The third kappa shape index (κ3) is 9.13. The van der Waals surface area contributed by atoms with Crippen molar-refractivity contribution in [2.75, 3.05) is 0 Å². The summed E-state index contributed by atoms with van der Waals surface area (Å²) < 4.78 is 0. The predicted octanol–water partition coefficient (Wildman–Crippen LogP) is -2.32. The van der Waals surface area contributed by atoms with Gasteiger partial charge in [-0.2, -0.15) is 0 Å². The van der Waals surface area contributed by atoms with Crippen molar-refractivity contribution in [2.45, 2.75) is 57.0 Å². The summed E-state index contributed by atoms with van der Waals surface area (Å²) in [5.74, 6) is -5.64. The van der Waals surface area contributed by atoms with Gasteiger partial charge >= 0.3 is 11.9 Å². The predicted molar refractivity (Wildman–Crippen MR) is 113 cm³/mol. The van der Waals surface area contributed by atoms with E-state index in [0.717, 1.165) is 6.92 Å². The first kappa shape index (κ1) is 27.3. The molecular formula is C20H28N4O9. The first-order valence-corrected chi connectivity index (χ1v) is 9.89. The van der Waals surface area contributed by atoms with Gasteiger partial charge in [-0.3, -0.25) is 19.2 Å². The number of aliphatic carboxylic acids is 2. The van der Waals surface area contributed by atoms with Crippen LogP contribution in [0, 0.1) is 0 Å². The molecule has 0 heterocycles. The average Bonchev–Trinajstić information content (AvgIpc) is 2.71. The number of amides is 3. The van der Waals surface area contributed by atoms with Gasteiger partial charge in [0.15, 0.2) is 6.04 Å². The van der Waals surface area contributed by atoms with E-state index in [9.17, 15) is 34.2 Å². The number of nitrogens with two attached hydrogens (primary N) is 1. The molecule has 9 N–H and O–H groups in total. The quantitative estimate of drug-likeness (QED) is 0.163. The van der Waals surface area contributed by atoms with E-state index in [1.54, 1.807) is 12.1 Å². The zero-order valence-corrected chi connectivity index (χ0v) is 18.0. The highest BCUT2D eigenvalue weighted by molar-refractivity contribution is 5.95. The monoisotopic (exact) mass is 468 g/mol. The van der Waals surface area contributed by atoms with Crippen LogP contribution in [0.1, 0.15) is 25.8 Å². The number of phenols is 1. The fourth-order valence-electron chi connectivity index (χ4n) is 2.69. The third-order valence-corrected chi connectivity index (χ3v) is 4.54. The zero-order chi connectivity index (χ0) is 25.3. The Kier molecular flexibility index (Phi) is 10.2. The molecule has 3 amide bonds. The highest BCUT2D eigenvalue weighted by Gasteiger charge is 2.31. The summed E-state index contributed by atoms with van der Waals surface area (Å²) in [6.45, 7) is 2.37. The second-order valence-electron chi connectivity index (χ2n) is 7.43. The Morgan fingerprint density at radius 1 is 0.909 bits per heavy atom. The van der Waals surface area contributed by atoms with Crippen molar-refractivity contribution in [1.82, 2.24) is 16.0 Å². The van der Waals surface area contributed by atoms with Crippen molar-refractivity contribution in [3.8, 4) is 5.75 Å². The fourth-order valence-corrected chi connectivity index (χ4v) is 2.69. The van der Waals surface area contributed by atoms with Crippen LogP contribution in [-0.2, 0) is 30.4 Å². The van der Waals surface area contributed by atoms with Gasteiger partial charge in [0, 0.05) is 0 Å². The Morgan fingerprint density at radius 2 is 1.48 bits per heavy atom. The largest absolute Gasteiger partial charge is 0.508 e. The van der Waals surface area contributed by atoms with Gasteiger partial charge in [0.1, 0.15) is 17.8 Å². The lowest BCUT2D eigenvalue weighted by Crippen LogP contribution is -2.57. The molecule has 0 fully saturated rings. The van der Waals surface area contributed by atoms with E-state index in [4.69, 9.17) is 15.9 Å². The van der Waals surface area contributed by atoms with E-state index in [0.29, 0.717) is 5.56 Å². The number of aromatic hydroxyl groups is 1. The number of carbonyl (C=O) groups excluding carboxylic acids is 3. The van der Waals surface area contributed by atoms with Gasteiger partial charge in [-0.1, -0.05) is 12.1 Å². The Hall–Kier alpha value is -3.71. The van der Waals surface area contributed by atoms with Gasteiger partial charge in [-0.25, -0.2) is 4.79 Å². The van der Waals surface area contributed by atoms with Crippen LogP contribution >= 0.6 is 0 Å². The van der Waals surface area contributed by atoms with Crippen LogP contribution in [-0.4, -0.2) is 80.4 Å². The van der Waals surface area contributed by atoms with Gasteiger partial charge in [-0.05, 0) is 38.0 Å². The molecule has 13 heteroatoms. The summed E-state index contributed by atoms with van der Waals surface area (Å²) in [6, 6.07) is 0.258. The van der Waals surface area contributed by atoms with Crippen molar-refractivity contribution in [2.24, 2.45) is 5.73 Å². The fraction of sp³-hybridized carbons (Fsp3) is 0.450. The van der Waals surface area contributed by atoms with E-state index in [1.807, 2.05) is 5.32 Å². The van der Waals surface area contributed by atoms with Gasteiger partial charge in [0.2, 0.25) is 17.7 Å². The van der Waals surface area contributed by atoms with Crippen LogP contribution in [0.3, 0.4) is 0 Å². The molecule has 0 saturated heterocycles. The standard InChI is InChI=1S/C20H28N4O9/c1-9(17(29)24-16(10(2)25)20(32)33)22-19(31)14(8-15(27)28)23-18(30)13(21)7-11-3-5-12(26)6-4-11/h3-6,9-10,13-14,16,25-26H,7-8,21H2,1-2H3,(H,22,31)(H,23,30)(H,24,29)(H,27,28)(H,32,33). The highest BCUT2D eigenvalue weighted by Crippen LogP contribution is 2.11. The normalized spacial score (nSPS) is 15.3. The number of aliphatic hydroxyl groups is 1. The number of hydrogen-bond acceptors (Lipinski definition) is 8. The second-order valence-corrected chi connectivity index (χ2v) is 7.43. The number of carbonyl (C=O) groups is 5. The smallest absolute Gasteiger partial charge is 0.328 e. The maximum absolute atomic E-state index is 12.5. The van der Waals surface area contributed by atoms with Crippen LogP contribution in [0.15, 0.2) is 24.3 Å². The number of hydrogen-bond donors (Lipinski definition) is 8. The Balaban J connectivity index is 2.79. The Bertz CT molecular complexity index is 873. The zero-order valence-electron chi connectivity index (χ0n) is 18.0. The molecule has 5 unspecified atom stereocenters. The number of aliphatic hydroxyl groups excluding tert-OH is 1. The number of rotatable bonds is 12. The first-order chi connectivity index (χ1) is 15.3. The van der Waals surface area contributed by atoms with E-state index in [-0.39, 0.29) is 12.2 Å². The Morgan fingerprint density at radius 3 is 1.97 bits per heavy atom. The van der Waals surface area contributed by atoms with E-state index in [1.165, 1.54) is 19.1 Å². The van der Waals surface area contributed by atoms with Gasteiger partial charge in [-0.15, -0.1) is 0 Å². The maximum atomic E-state index is 12.5. The number of phenolic OH excluding ortho intramolecular Hbond substituents is 1. The molecule has 0 aliphatic carbocycles. The molecule has 182 valence electrons. The number of nitrogens with one attached hydrogen (secondary N) is 3.